The predicted octanol–water partition coefficient (Wildman–Crippen LogP) is 2.09. The number of methoxy groups -OCH3 is 1. The fourth-order valence-electron chi connectivity index (χ4n) is 4.69. The fraction of sp³-hybridized carbons (Fsp3) is 0.455. The summed E-state index contributed by atoms with van der Waals surface area (Å²) in [6.07, 6.45) is 4.99. The summed E-state index contributed by atoms with van der Waals surface area (Å²) in [6, 6.07) is 8.20. The smallest absolute Gasteiger partial charge is 0.274 e. The molecule has 4 rings (SSSR count). The molecule has 7 heteroatoms. The Labute approximate surface area is 170 Å². The molecule has 0 saturated carbocycles. The fourth-order valence-corrected chi connectivity index (χ4v) is 4.69. The summed E-state index contributed by atoms with van der Waals surface area (Å²) >= 11 is 0. The Bertz CT molecular complexity index is 889. The van der Waals surface area contributed by atoms with Gasteiger partial charge in [0.1, 0.15) is 5.69 Å². The Morgan fingerprint density at radius 3 is 2.72 bits per heavy atom. The highest BCUT2D eigenvalue weighted by atomic mass is 16.5. The number of rotatable bonds is 5. The summed E-state index contributed by atoms with van der Waals surface area (Å²) in [5.74, 6) is 0.490. The number of hydrogen-bond donors (Lipinski definition) is 0. The number of carbonyl (C=O) groups excluding carboxylic acids is 2. The van der Waals surface area contributed by atoms with Crippen LogP contribution in [0.3, 0.4) is 0 Å². The van der Waals surface area contributed by atoms with Crippen molar-refractivity contribution in [2.45, 2.75) is 19.4 Å². The Morgan fingerprint density at radius 2 is 2.00 bits per heavy atom. The maximum Gasteiger partial charge on any atom is 0.274 e. The maximum atomic E-state index is 12.9. The first-order valence-electron chi connectivity index (χ1n) is 9.99. The number of aryl methyl sites for hydroxylation is 1. The van der Waals surface area contributed by atoms with Gasteiger partial charge >= 0.3 is 0 Å². The van der Waals surface area contributed by atoms with Gasteiger partial charge in [0.15, 0.2) is 0 Å². The van der Waals surface area contributed by atoms with E-state index in [0.717, 1.165) is 0 Å². The molecule has 29 heavy (non-hydrogen) atoms. The topological polar surface area (TPSA) is 75.6 Å². The number of aromatic nitrogens is 2. The lowest BCUT2D eigenvalue weighted by atomic mass is 9.87. The number of hydrogen-bond acceptors (Lipinski definition) is 5. The SMILES string of the molecule is COCCC(=O)N1C[C@@H]2CN(C(=O)c3cnccn3)C[C@@H]2[C@H]1c1ccccc1C. The molecule has 2 aromatic rings. The summed E-state index contributed by atoms with van der Waals surface area (Å²) < 4.78 is 5.11. The normalized spacial score (nSPS) is 23.3. The van der Waals surface area contributed by atoms with Crippen molar-refractivity contribution < 1.29 is 14.3 Å². The number of nitrogens with zero attached hydrogens (tertiary/aromatic N) is 4. The van der Waals surface area contributed by atoms with Crippen LogP contribution in [0, 0.1) is 18.8 Å². The van der Waals surface area contributed by atoms with Crippen LogP contribution in [-0.2, 0) is 9.53 Å². The number of amides is 2. The molecule has 2 aliphatic rings. The molecule has 2 amide bonds. The molecule has 1 aromatic carbocycles. The van der Waals surface area contributed by atoms with Crippen molar-refractivity contribution >= 4 is 11.8 Å². The number of carbonyl (C=O) groups is 2. The van der Waals surface area contributed by atoms with Gasteiger partial charge < -0.3 is 14.5 Å². The van der Waals surface area contributed by atoms with Crippen LogP contribution in [0.15, 0.2) is 42.9 Å². The van der Waals surface area contributed by atoms with Crippen LogP contribution in [-0.4, -0.2) is 64.9 Å². The standard InChI is InChI=1S/C22H26N4O3/c1-15-5-3-4-6-17(15)21-18-14-25(22(28)19-11-23-8-9-24-19)12-16(18)13-26(21)20(27)7-10-29-2/h3-6,8-9,11,16,18,21H,7,10,12-14H2,1-2H3/t16-,18-,21+/m0/s1. The average molecular weight is 394 g/mol. The van der Waals surface area contributed by atoms with Crippen molar-refractivity contribution in [1.29, 1.82) is 0 Å². The van der Waals surface area contributed by atoms with Gasteiger partial charge in [-0.05, 0) is 18.1 Å². The zero-order chi connectivity index (χ0) is 20.4. The monoisotopic (exact) mass is 394 g/mol. The molecule has 0 radical (unpaired) electrons. The van der Waals surface area contributed by atoms with Crippen molar-refractivity contribution in [1.82, 2.24) is 19.8 Å². The van der Waals surface area contributed by atoms with E-state index >= 15 is 0 Å². The lowest BCUT2D eigenvalue weighted by Crippen LogP contribution is -2.38. The lowest BCUT2D eigenvalue weighted by Gasteiger charge is -2.31. The van der Waals surface area contributed by atoms with Crippen molar-refractivity contribution in [3.05, 3.63) is 59.7 Å². The van der Waals surface area contributed by atoms with Gasteiger partial charge in [0.2, 0.25) is 5.91 Å². The van der Waals surface area contributed by atoms with Gasteiger partial charge in [-0.25, -0.2) is 4.98 Å². The van der Waals surface area contributed by atoms with E-state index in [1.54, 1.807) is 13.3 Å². The van der Waals surface area contributed by atoms with Crippen LogP contribution in [0.2, 0.25) is 0 Å². The number of benzene rings is 1. The first-order valence-corrected chi connectivity index (χ1v) is 9.99. The second-order valence-corrected chi connectivity index (χ2v) is 7.82. The van der Waals surface area contributed by atoms with Crippen molar-refractivity contribution in [2.75, 3.05) is 33.4 Å². The largest absolute Gasteiger partial charge is 0.384 e. The second kappa shape index (κ2) is 8.29. The molecule has 152 valence electrons. The van der Waals surface area contributed by atoms with E-state index in [9.17, 15) is 9.59 Å². The molecule has 2 fully saturated rings. The first-order chi connectivity index (χ1) is 14.1. The molecular weight excluding hydrogens is 368 g/mol. The van der Waals surface area contributed by atoms with Crippen molar-refractivity contribution in [2.24, 2.45) is 11.8 Å². The van der Waals surface area contributed by atoms with Crippen LogP contribution >= 0.6 is 0 Å². The molecule has 0 N–H and O–H groups in total. The van der Waals surface area contributed by atoms with E-state index in [0.29, 0.717) is 38.4 Å². The quantitative estimate of drug-likeness (QED) is 0.776. The van der Waals surface area contributed by atoms with E-state index in [1.807, 2.05) is 21.9 Å². The molecular formula is C22H26N4O3. The second-order valence-electron chi connectivity index (χ2n) is 7.82. The Kier molecular flexibility index (Phi) is 5.58. The number of ether oxygens (including phenoxy) is 1. The Hall–Kier alpha value is -2.80. The molecule has 2 aliphatic heterocycles. The van der Waals surface area contributed by atoms with Crippen LogP contribution in [0.5, 0.6) is 0 Å². The third-order valence-corrected chi connectivity index (χ3v) is 6.08. The number of fused-ring (bicyclic) bond motifs is 1. The molecule has 3 heterocycles. The minimum absolute atomic E-state index is 0.0230. The molecule has 3 atom stereocenters. The Balaban J connectivity index is 1.59. The highest BCUT2D eigenvalue weighted by Gasteiger charge is 2.50. The van der Waals surface area contributed by atoms with Crippen molar-refractivity contribution in [3.63, 3.8) is 0 Å². The van der Waals surface area contributed by atoms with Gasteiger partial charge in [-0.15, -0.1) is 0 Å². The van der Waals surface area contributed by atoms with E-state index in [2.05, 4.69) is 29.0 Å². The minimum atomic E-state index is -0.0895. The van der Waals surface area contributed by atoms with Gasteiger partial charge in [-0.3, -0.25) is 14.6 Å². The molecule has 0 unspecified atom stereocenters. The molecule has 1 aromatic heterocycles. The average Bonchev–Trinajstić information content (AvgIpc) is 3.31. The van der Waals surface area contributed by atoms with E-state index < -0.39 is 0 Å². The molecule has 0 spiro atoms. The summed E-state index contributed by atoms with van der Waals surface area (Å²) in [5.41, 5.74) is 2.70. The molecule has 0 bridgehead atoms. The number of likely N-dealkylation sites (tertiary alicyclic amines) is 2. The Morgan fingerprint density at radius 1 is 1.17 bits per heavy atom. The maximum absolute atomic E-state index is 12.9. The lowest BCUT2D eigenvalue weighted by molar-refractivity contribution is -0.133. The summed E-state index contributed by atoms with van der Waals surface area (Å²) in [6.45, 7) is 4.42. The van der Waals surface area contributed by atoms with Gasteiger partial charge in [-0.1, -0.05) is 24.3 Å². The van der Waals surface area contributed by atoms with Crippen LogP contribution in [0.4, 0.5) is 0 Å². The predicted molar refractivity (Wildman–Crippen MR) is 107 cm³/mol. The van der Waals surface area contributed by atoms with E-state index in [4.69, 9.17) is 4.74 Å². The molecule has 2 saturated heterocycles. The van der Waals surface area contributed by atoms with Gasteiger partial charge in [0.05, 0.1) is 25.3 Å². The summed E-state index contributed by atoms with van der Waals surface area (Å²) in [4.78, 5) is 37.8. The molecule has 7 nitrogen and oxygen atoms in total. The van der Waals surface area contributed by atoms with Crippen molar-refractivity contribution in [3.8, 4) is 0 Å². The highest BCUT2D eigenvalue weighted by molar-refractivity contribution is 5.92. The van der Waals surface area contributed by atoms with E-state index in [-0.39, 0.29) is 29.7 Å². The first kappa shape index (κ1) is 19.5. The van der Waals surface area contributed by atoms with E-state index in [1.165, 1.54) is 23.5 Å². The summed E-state index contributed by atoms with van der Waals surface area (Å²) in [5, 5.41) is 0. The van der Waals surface area contributed by atoms with Crippen LogP contribution in [0.1, 0.15) is 34.1 Å². The highest BCUT2D eigenvalue weighted by Crippen LogP contribution is 2.46. The zero-order valence-electron chi connectivity index (χ0n) is 16.8. The van der Waals surface area contributed by atoms with Crippen LogP contribution < -0.4 is 0 Å². The van der Waals surface area contributed by atoms with Gasteiger partial charge in [0, 0.05) is 51.0 Å². The van der Waals surface area contributed by atoms with Gasteiger partial charge in [-0.2, -0.15) is 0 Å². The molecule has 0 aliphatic carbocycles. The zero-order valence-corrected chi connectivity index (χ0v) is 16.8. The van der Waals surface area contributed by atoms with Gasteiger partial charge in [0.25, 0.3) is 5.91 Å². The third-order valence-electron chi connectivity index (χ3n) is 6.08. The minimum Gasteiger partial charge on any atom is -0.384 e. The summed E-state index contributed by atoms with van der Waals surface area (Å²) in [7, 11) is 1.61. The van der Waals surface area contributed by atoms with Crippen LogP contribution in [0.25, 0.3) is 0 Å². The third kappa shape index (κ3) is 3.74.